The Morgan fingerprint density at radius 2 is 1.92 bits per heavy atom. The van der Waals surface area contributed by atoms with Crippen molar-refractivity contribution in [3.8, 4) is 0 Å². The Morgan fingerprint density at radius 1 is 1.38 bits per heavy atom. The van der Waals surface area contributed by atoms with E-state index in [-0.39, 0.29) is 6.04 Å². The van der Waals surface area contributed by atoms with Gasteiger partial charge in [0.15, 0.2) is 0 Å². The SMILES string of the molecule is CCN(CC(F)(F)F)C(C)CCN. The third-order valence-corrected chi connectivity index (χ3v) is 2.00. The van der Waals surface area contributed by atoms with E-state index in [0.717, 1.165) is 0 Å². The molecule has 0 aliphatic carbocycles. The van der Waals surface area contributed by atoms with E-state index in [1.165, 1.54) is 4.90 Å². The van der Waals surface area contributed by atoms with Gasteiger partial charge in [-0.2, -0.15) is 13.2 Å². The first-order valence-corrected chi connectivity index (χ1v) is 4.41. The number of halogens is 3. The minimum atomic E-state index is -4.11. The van der Waals surface area contributed by atoms with Crippen molar-refractivity contribution in [1.29, 1.82) is 0 Å². The maximum atomic E-state index is 12.0. The van der Waals surface area contributed by atoms with Gasteiger partial charge in [0, 0.05) is 6.04 Å². The van der Waals surface area contributed by atoms with Gasteiger partial charge in [0.25, 0.3) is 0 Å². The normalized spacial score (nSPS) is 15.0. The van der Waals surface area contributed by atoms with Crippen LogP contribution < -0.4 is 5.73 Å². The highest BCUT2D eigenvalue weighted by molar-refractivity contribution is 4.69. The minimum Gasteiger partial charge on any atom is -0.330 e. The molecule has 0 aromatic carbocycles. The second kappa shape index (κ2) is 5.44. The van der Waals surface area contributed by atoms with E-state index < -0.39 is 12.7 Å². The van der Waals surface area contributed by atoms with Gasteiger partial charge < -0.3 is 5.73 Å². The lowest BCUT2D eigenvalue weighted by molar-refractivity contribution is -0.149. The van der Waals surface area contributed by atoms with Crippen molar-refractivity contribution in [2.45, 2.75) is 32.5 Å². The largest absolute Gasteiger partial charge is 0.401 e. The predicted molar refractivity (Wildman–Crippen MR) is 46.4 cm³/mol. The van der Waals surface area contributed by atoms with Crippen LogP contribution in [0.4, 0.5) is 13.2 Å². The lowest BCUT2D eigenvalue weighted by Crippen LogP contribution is -2.41. The molecule has 80 valence electrons. The molecular weight excluding hydrogens is 181 g/mol. The second-order valence-corrected chi connectivity index (χ2v) is 3.10. The molecule has 0 saturated carbocycles. The number of hydrogen-bond donors (Lipinski definition) is 1. The van der Waals surface area contributed by atoms with Gasteiger partial charge in [-0.15, -0.1) is 0 Å². The molecule has 0 rings (SSSR count). The molecule has 1 unspecified atom stereocenters. The van der Waals surface area contributed by atoms with Gasteiger partial charge in [0.1, 0.15) is 0 Å². The van der Waals surface area contributed by atoms with Crippen LogP contribution in [-0.4, -0.2) is 36.8 Å². The van der Waals surface area contributed by atoms with E-state index in [1.54, 1.807) is 13.8 Å². The van der Waals surface area contributed by atoms with Gasteiger partial charge in [-0.3, -0.25) is 4.90 Å². The summed E-state index contributed by atoms with van der Waals surface area (Å²) >= 11 is 0. The fourth-order valence-corrected chi connectivity index (χ4v) is 1.23. The second-order valence-electron chi connectivity index (χ2n) is 3.10. The number of hydrogen-bond acceptors (Lipinski definition) is 2. The first kappa shape index (κ1) is 12.7. The Kier molecular flexibility index (Phi) is 5.32. The van der Waals surface area contributed by atoms with E-state index in [2.05, 4.69) is 0 Å². The summed E-state index contributed by atoms with van der Waals surface area (Å²) in [6, 6.07) is -0.100. The maximum absolute atomic E-state index is 12.0. The predicted octanol–water partition coefficient (Wildman–Crippen LogP) is 1.61. The van der Waals surface area contributed by atoms with E-state index >= 15 is 0 Å². The Bertz CT molecular complexity index is 136. The van der Waals surface area contributed by atoms with Crippen molar-refractivity contribution in [3.05, 3.63) is 0 Å². The van der Waals surface area contributed by atoms with Crippen LogP contribution in [0.3, 0.4) is 0 Å². The van der Waals surface area contributed by atoms with E-state index in [1.807, 2.05) is 0 Å². The van der Waals surface area contributed by atoms with Crippen LogP contribution in [0.2, 0.25) is 0 Å². The molecule has 0 heterocycles. The lowest BCUT2D eigenvalue weighted by Gasteiger charge is -2.28. The molecule has 2 N–H and O–H groups in total. The van der Waals surface area contributed by atoms with Crippen LogP contribution in [0.5, 0.6) is 0 Å². The van der Waals surface area contributed by atoms with Crippen LogP contribution in [-0.2, 0) is 0 Å². The molecule has 0 fully saturated rings. The molecular formula is C8H17F3N2. The van der Waals surface area contributed by atoms with Crippen molar-refractivity contribution in [3.63, 3.8) is 0 Å². The Balaban J connectivity index is 4.01. The highest BCUT2D eigenvalue weighted by Gasteiger charge is 2.31. The highest BCUT2D eigenvalue weighted by atomic mass is 19.4. The fourth-order valence-electron chi connectivity index (χ4n) is 1.23. The van der Waals surface area contributed by atoms with Crippen LogP contribution in [0.15, 0.2) is 0 Å². The van der Waals surface area contributed by atoms with Crippen molar-refractivity contribution in [2.24, 2.45) is 5.73 Å². The number of nitrogens with zero attached hydrogens (tertiary/aromatic N) is 1. The van der Waals surface area contributed by atoms with Gasteiger partial charge in [-0.25, -0.2) is 0 Å². The number of rotatable bonds is 5. The molecule has 2 nitrogen and oxygen atoms in total. The van der Waals surface area contributed by atoms with E-state index in [4.69, 9.17) is 5.73 Å². The monoisotopic (exact) mass is 198 g/mol. The zero-order chi connectivity index (χ0) is 10.5. The summed E-state index contributed by atoms with van der Waals surface area (Å²) in [4.78, 5) is 1.38. The summed E-state index contributed by atoms with van der Waals surface area (Å²) in [7, 11) is 0. The zero-order valence-electron chi connectivity index (χ0n) is 8.06. The average molecular weight is 198 g/mol. The summed E-state index contributed by atoms with van der Waals surface area (Å²) in [6.07, 6.45) is -3.51. The number of alkyl halides is 3. The molecule has 0 aromatic heterocycles. The first-order chi connectivity index (χ1) is 5.90. The molecule has 0 radical (unpaired) electrons. The fraction of sp³-hybridized carbons (Fsp3) is 1.00. The molecule has 13 heavy (non-hydrogen) atoms. The third kappa shape index (κ3) is 5.87. The summed E-state index contributed by atoms with van der Waals surface area (Å²) in [5, 5.41) is 0. The number of nitrogens with two attached hydrogens (primary N) is 1. The van der Waals surface area contributed by atoms with Crippen molar-refractivity contribution >= 4 is 0 Å². The van der Waals surface area contributed by atoms with Crippen LogP contribution in [0.1, 0.15) is 20.3 Å². The standard InChI is InChI=1S/C8H17F3N2/c1-3-13(6-8(9,10)11)7(2)4-5-12/h7H,3-6,12H2,1-2H3. The van der Waals surface area contributed by atoms with Crippen molar-refractivity contribution in [1.82, 2.24) is 4.90 Å². The Labute approximate surface area is 76.9 Å². The molecule has 1 atom stereocenters. The smallest absolute Gasteiger partial charge is 0.330 e. The molecule has 5 heteroatoms. The summed E-state index contributed by atoms with van der Waals surface area (Å²) in [5.41, 5.74) is 5.28. The third-order valence-electron chi connectivity index (χ3n) is 2.00. The van der Waals surface area contributed by atoms with Crippen molar-refractivity contribution < 1.29 is 13.2 Å². The quantitative estimate of drug-likeness (QED) is 0.727. The molecule has 0 aliphatic rings. The van der Waals surface area contributed by atoms with Gasteiger partial charge in [0.2, 0.25) is 0 Å². The summed E-state index contributed by atoms with van der Waals surface area (Å²) in [6.45, 7) is 3.47. The molecule has 0 amide bonds. The van der Waals surface area contributed by atoms with Crippen LogP contribution in [0, 0.1) is 0 Å². The zero-order valence-corrected chi connectivity index (χ0v) is 8.06. The Morgan fingerprint density at radius 3 is 2.23 bits per heavy atom. The summed E-state index contributed by atoms with van der Waals surface area (Å²) < 4.78 is 36.1. The molecule has 0 aliphatic heterocycles. The first-order valence-electron chi connectivity index (χ1n) is 4.41. The van der Waals surface area contributed by atoms with Crippen LogP contribution >= 0.6 is 0 Å². The average Bonchev–Trinajstić information content (AvgIpc) is 1.99. The van der Waals surface area contributed by atoms with Crippen molar-refractivity contribution in [2.75, 3.05) is 19.6 Å². The maximum Gasteiger partial charge on any atom is 0.401 e. The lowest BCUT2D eigenvalue weighted by atomic mass is 10.2. The van der Waals surface area contributed by atoms with E-state index in [0.29, 0.717) is 19.5 Å². The molecule has 0 aromatic rings. The van der Waals surface area contributed by atoms with Gasteiger partial charge in [-0.05, 0) is 26.4 Å². The topological polar surface area (TPSA) is 29.3 Å². The highest BCUT2D eigenvalue weighted by Crippen LogP contribution is 2.18. The molecule has 0 bridgehead atoms. The van der Waals surface area contributed by atoms with E-state index in [9.17, 15) is 13.2 Å². The Hall–Kier alpha value is -0.290. The molecule has 0 spiro atoms. The van der Waals surface area contributed by atoms with Gasteiger partial charge in [0.05, 0.1) is 6.54 Å². The van der Waals surface area contributed by atoms with Gasteiger partial charge in [-0.1, -0.05) is 6.92 Å². The molecule has 0 saturated heterocycles. The van der Waals surface area contributed by atoms with Crippen LogP contribution in [0.25, 0.3) is 0 Å². The van der Waals surface area contributed by atoms with Gasteiger partial charge >= 0.3 is 6.18 Å². The summed E-state index contributed by atoms with van der Waals surface area (Å²) in [5.74, 6) is 0. The minimum absolute atomic E-state index is 0.100.